The minimum atomic E-state index is -0.375. The molecule has 1 unspecified atom stereocenters. The Labute approximate surface area is 153 Å². The Balaban J connectivity index is 0.00000288. The van der Waals surface area contributed by atoms with E-state index in [1.165, 1.54) is 0 Å². The second-order valence-corrected chi connectivity index (χ2v) is 5.65. The number of nitrogens with zero attached hydrogens (tertiary/aromatic N) is 1. The number of anilines is 1. The zero-order chi connectivity index (χ0) is 16.8. The molecule has 8 heteroatoms. The average Bonchev–Trinajstić information content (AvgIpc) is 2.56. The lowest BCUT2D eigenvalue weighted by atomic mass is 10.1. The molecule has 1 aliphatic rings. The van der Waals surface area contributed by atoms with Gasteiger partial charge in [0.15, 0.2) is 0 Å². The summed E-state index contributed by atoms with van der Waals surface area (Å²) in [5, 5.41) is 6.19. The van der Waals surface area contributed by atoms with Crippen LogP contribution >= 0.6 is 24.0 Å². The summed E-state index contributed by atoms with van der Waals surface area (Å²) in [4.78, 5) is 26.2. The van der Waals surface area contributed by atoms with E-state index in [9.17, 15) is 9.59 Å². The molecule has 2 rings (SSSR count). The van der Waals surface area contributed by atoms with E-state index in [4.69, 9.17) is 16.3 Å². The number of hydrogen-bond acceptors (Lipinski definition) is 4. The Morgan fingerprint density at radius 2 is 2.08 bits per heavy atom. The molecule has 24 heavy (non-hydrogen) atoms. The van der Waals surface area contributed by atoms with Crippen molar-refractivity contribution < 1.29 is 14.3 Å². The number of carbonyl (C=O) groups is 2. The van der Waals surface area contributed by atoms with Gasteiger partial charge in [0.1, 0.15) is 6.04 Å². The van der Waals surface area contributed by atoms with Gasteiger partial charge in [0.05, 0.1) is 23.8 Å². The standard InChI is InChI=1S/C16H22ClN3O3.ClH/c1-3-20(4-2)16(22)12-6-5-11(9-13(12)17)19-15(21)14-10-23-8-7-18-14;/h5-6,9,14,18H,3-4,7-8,10H2,1-2H3,(H,19,21);1H. The first-order valence-electron chi connectivity index (χ1n) is 7.77. The number of hydrogen-bond donors (Lipinski definition) is 2. The molecule has 1 fully saturated rings. The van der Waals surface area contributed by atoms with Crippen LogP contribution in [0.1, 0.15) is 24.2 Å². The van der Waals surface area contributed by atoms with Gasteiger partial charge in [-0.15, -0.1) is 12.4 Å². The number of carbonyl (C=O) groups excluding carboxylic acids is 2. The van der Waals surface area contributed by atoms with Crippen LogP contribution in [0.3, 0.4) is 0 Å². The third kappa shape index (κ3) is 5.08. The van der Waals surface area contributed by atoms with Gasteiger partial charge in [0.25, 0.3) is 5.91 Å². The summed E-state index contributed by atoms with van der Waals surface area (Å²) < 4.78 is 5.27. The van der Waals surface area contributed by atoms with Crippen molar-refractivity contribution in [1.82, 2.24) is 10.2 Å². The van der Waals surface area contributed by atoms with E-state index >= 15 is 0 Å². The van der Waals surface area contributed by atoms with Gasteiger partial charge in [-0.05, 0) is 32.0 Å². The third-order valence-electron chi connectivity index (χ3n) is 3.76. The van der Waals surface area contributed by atoms with Crippen LogP contribution in [-0.2, 0) is 9.53 Å². The SMILES string of the molecule is CCN(CC)C(=O)c1ccc(NC(=O)C2COCCN2)cc1Cl.Cl. The maximum absolute atomic E-state index is 12.3. The first kappa shape index (κ1) is 20.7. The Morgan fingerprint density at radius 1 is 1.38 bits per heavy atom. The van der Waals surface area contributed by atoms with Crippen molar-refractivity contribution in [2.75, 3.05) is 38.2 Å². The van der Waals surface area contributed by atoms with Gasteiger partial charge in [-0.1, -0.05) is 11.6 Å². The highest BCUT2D eigenvalue weighted by molar-refractivity contribution is 6.34. The lowest BCUT2D eigenvalue weighted by Gasteiger charge is -2.23. The molecule has 2 amide bonds. The van der Waals surface area contributed by atoms with E-state index in [1.807, 2.05) is 13.8 Å². The molecule has 0 aromatic heterocycles. The van der Waals surface area contributed by atoms with E-state index in [2.05, 4.69) is 10.6 Å². The fourth-order valence-corrected chi connectivity index (χ4v) is 2.67. The van der Waals surface area contributed by atoms with Crippen molar-refractivity contribution in [3.63, 3.8) is 0 Å². The summed E-state index contributed by atoms with van der Waals surface area (Å²) >= 11 is 6.21. The highest BCUT2D eigenvalue weighted by Gasteiger charge is 2.22. The lowest BCUT2D eigenvalue weighted by Crippen LogP contribution is -2.48. The van der Waals surface area contributed by atoms with Gasteiger partial charge >= 0.3 is 0 Å². The summed E-state index contributed by atoms with van der Waals surface area (Å²) in [5.41, 5.74) is 0.996. The molecular formula is C16H23Cl2N3O3. The third-order valence-corrected chi connectivity index (χ3v) is 4.07. The van der Waals surface area contributed by atoms with E-state index in [-0.39, 0.29) is 30.3 Å². The van der Waals surface area contributed by atoms with Crippen LogP contribution < -0.4 is 10.6 Å². The minimum Gasteiger partial charge on any atom is -0.378 e. The van der Waals surface area contributed by atoms with Gasteiger partial charge < -0.3 is 20.3 Å². The smallest absolute Gasteiger partial charge is 0.255 e. The number of amides is 2. The van der Waals surface area contributed by atoms with Gasteiger partial charge in [-0.3, -0.25) is 9.59 Å². The van der Waals surface area contributed by atoms with Crippen molar-refractivity contribution in [2.45, 2.75) is 19.9 Å². The summed E-state index contributed by atoms with van der Waals surface area (Å²) in [6.07, 6.45) is 0. The maximum Gasteiger partial charge on any atom is 0.255 e. The number of ether oxygens (including phenoxy) is 1. The summed E-state index contributed by atoms with van der Waals surface area (Å²) in [6, 6.07) is 4.55. The van der Waals surface area contributed by atoms with Crippen LogP contribution in [0.4, 0.5) is 5.69 Å². The molecule has 0 aliphatic carbocycles. The van der Waals surface area contributed by atoms with Gasteiger partial charge in [0, 0.05) is 25.3 Å². The Morgan fingerprint density at radius 3 is 2.62 bits per heavy atom. The van der Waals surface area contributed by atoms with Crippen LogP contribution in [0.5, 0.6) is 0 Å². The van der Waals surface area contributed by atoms with Gasteiger partial charge in [0.2, 0.25) is 5.91 Å². The van der Waals surface area contributed by atoms with Crippen LogP contribution in [0, 0.1) is 0 Å². The molecule has 0 bridgehead atoms. The van der Waals surface area contributed by atoms with Crippen LogP contribution in [-0.4, -0.2) is 55.6 Å². The summed E-state index contributed by atoms with van der Waals surface area (Å²) in [7, 11) is 0. The molecule has 1 atom stereocenters. The number of rotatable bonds is 5. The molecule has 1 aromatic rings. The normalized spacial score (nSPS) is 16.9. The lowest BCUT2D eigenvalue weighted by molar-refractivity contribution is -0.120. The van der Waals surface area contributed by atoms with Crippen molar-refractivity contribution in [3.8, 4) is 0 Å². The first-order valence-corrected chi connectivity index (χ1v) is 8.15. The molecule has 6 nitrogen and oxygen atoms in total. The highest BCUT2D eigenvalue weighted by atomic mass is 35.5. The number of morpholine rings is 1. The first-order chi connectivity index (χ1) is 11.1. The van der Waals surface area contributed by atoms with E-state index in [1.54, 1.807) is 23.1 Å². The zero-order valence-electron chi connectivity index (χ0n) is 13.8. The predicted octanol–water partition coefficient (Wildman–Crippen LogP) is 2.17. The van der Waals surface area contributed by atoms with Gasteiger partial charge in [-0.2, -0.15) is 0 Å². The molecule has 0 saturated carbocycles. The fourth-order valence-electron chi connectivity index (χ4n) is 2.41. The van der Waals surface area contributed by atoms with Gasteiger partial charge in [-0.25, -0.2) is 0 Å². The van der Waals surface area contributed by atoms with Crippen LogP contribution in [0.25, 0.3) is 0 Å². The molecular weight excluding hydrogens is 353 g/mol. The number of benzene rings is 1. The molecule has 1 heterocycles. The van der Waals surface area contributed by atoms with Crippen molar-refractivity contribution in [1.29, 1.82) is 0 Å². The van der Waals surface area contributed by atoms with Crippen molar-refractivity contribution in [3.05, 3.63) is 28.8 Å². The molecule has 0 radical (unpaired) electrons. The molecule has 134 valence electrons. The summed E-state index contributed by atoms with van der Waals surface area (Å²) in [5.74, 6) is -0.288. The molecule has 1 aliphatic heterocycles. The molecule has 1 saturated heterocycles. The average molecular weight is 376 g/mol. The highest BCUT2D eigenvalue weighted by Crippen LogP contribution is 2.22. The quantitative estimate of drug-likeness (QED) is 0.827. The van der Waals surface area contributed by atoms with Crippen LogP contribution in [0.2, 0.25) is 5.02 Å². The second kappa shape index (κ2) is 9.84. The molecule has 2 N–H and O–H groups in total. The van der Waals surface area contributed by atoms with Crippen molar-refractivity contribution in [2.24, 2.45) is 0 Å². The van der Waals surface area contributed by atoms with Crippen LogP contribution in [0.15, 0.2) is 18.2 Å². The van der Waals surface area contributed by atoms with Crippen molar-refractivity contribution >= 4 is 41.5 Å². The Kier molecular flexibility index (Phi) is 8.48. The fraction of sp³-hybridized carbons (Fsp3) is 0.500. The number of nitrogens with one attached hydrogen (secondary N) is 2. The topological polar surface area (TPSA) is 70.7 Å². The zero-order valence-corrected chi connectivity index (χ0v) is 15.4. The summed E-state index contributed by atoms with van der Waals surface area (Å²) in [6.45, 7) is 6.69. The monoisotopic (exact) mass is 375 g/mol. The maximum atomic E-state index is 12.3. The minimum absolute atomic E-state index is 0. The van der Waals surface area contributed by atoms with E-state index in [0.717, 1.165) is 0 Å². The number of halogens is 2. The predicted molar refractivity (Wildman–Crippen MR) is 97.2 cm³/mol. The largest absolute Gasteiger partial charge is 0.378 e. The Bertz CT molecular complexity index is 574. The molecule has 1 aromatic carbocycles. The second-order valence-electron chi connectivity index (χ2n) is 5.24. The molecule has 0 spiro atoms. The van der Waals surface area contributed by atoms with E-state index < -0.39 is 0 Å². The Hall–Kier alpha value is -1.34. The van der Waals surface area contributed by atoms with E-state index in [0.29, 0.717) is 49.1 Å².